The highest BCUT2D eigenvalue weighted by Gasteiger charge is 2.31. The minimum atomic E-state index is -1.03. The first-order valence-electron chi connectivity index (χ1n) is 10.8. The summed E-state index contributed by atoms with van der Waals surface area (Å²) in [6, 6.07) is 13.6. The lowest BCUT2D eigenvalue weighted by molar-refractivity contribution is 0.130. The number of H-pyrrole nitrogens is 2. The maximum absolute atomic E-state index is 14.1. The molecule has 5 rings (SSSR count). The molecular formula is C25H22FN5O3. The third-order valence-electron chi connectivity index (χ3n) is 6.01. The number of amides is 1. The molecule has 5 aromatic rings. The number of fused-ring (bicyclic) bond motifs is 6. The zero-order chi connectivity index (χ0) is 24.0. The van der Waals surface area contributed by atoms with Crippen molar-refractivity contribution in [2.24, 2.45) is 0 Å². The second-order valence-corrected chi connectivity index (χ2v) is 8.96. The number of imidazole rings is 1. The van der Waals surface area contributed by atoms with Gasteiger partial charge in [0.15, 0.2) is 0 Å². The number of halogens is 1. The van der Waals surface area contributed by atoms with Crippen molar-refractivity contribution < 1.29 is 14.3 Å². The van der Waals surface area contributed by atoms with Gasteiger partial charge in [0.05, 0.1) is 22.7 Å². The van der Waals surface area contributed by atoms with Gasteiger partial charge in [0, 0.05) is 29.3 Å². The first kappa shape index (κ1) is 21.6. The molecule has 0 aliphatic rings. The van der Waals surface area contributed by atoms with Crippen LogP contribution in [0.1, 0.15) is 25.2 Å². The number of aromatic nitrogens is 4. The van der Waals surface area contributed by atoms with E-state index in [1.54, 1.807) is 6.07 Å². The number of carbonyl (C=O) groups is 1. The highest BCUT2D eigenvalue weighted by molar-refractivity contribution is 6.21. The summed E-state index contributed by atoms with van der Waals surface area (Å²) in [4.78, 5) is 40.9. The molecule has 9 heteroatoms. The van der Waals surface area contributed by atoms with Gasteiger partial charge in [-0.1, -0.05) is 44.2 Å². The zero-order valence-electron chi connectivity index (χ0n) is 18.6. The van der Waals surface area contributed by atoms with Crippen LogP contribution in [0.15, 0.2) is 59.7 Å². The normalized spacial score (nSPS) is 12.0. The van der Waals surface area contributed by atoms with Gasteiger partial charge in [0.25, 0.3) is 5.56 Å². The molecule has 0 unspecified atom stereocenters. The van der Waals surface area contributed by atoms with Crippen LogP contribution in [0.5, 0.6) is 0 Å². The molecule has 0 aliphatic carbocycles. The van der Waals surface area contributed by atoms with Crippen molar-refractivity contribution in [3.8, 4) is 0 Å². The van der Waals surface area contributed by atoms with E-state index >= 15 is 0 Å². The van der Waals surface area contributed by atoms with Crippen molar-refractivity contribution in [1.29, 1.82) is 0 Å². The van der Waals surface area contributed by atoms with E-state index in [1.807, 2.05) is 44.2 Å². The lowest BCUT2D eigenvalue weighted by atomic mass is 9.91. The first-order valence-corrected chi connectivity index (χ1v) is 10.8. The van der Waals surface area contributed by atoms with E-state index in [2.05, 4.69) is 15.0 Å². The quantitative estimate of drug-likeness (QED) is 0.334. The van der Waals surface area contributed by atoms with Crippen LogP contribution in [-0.2, 0) is 12.0 Å². The minimum Gasteiger partial charge on any atom is -0.465 e. The molecule has 0 radical (unpaired) electrons. The summed E-state index contributed by atoms with van der Waals surface area (Å²) in [5, 5.41) is 11.1. The smallest absolute Gasteiger partial charge is 0.407 e. The Balaban J connectivity index is 1.64. The summed E-state index contributed by atoms with van der Waals surface area (Å²) >= 11 is 0. The first-order chi connectivity index (χ1) is 16.2. The lowest BCUT2D eigenvalue weighted by Crippen LogP contribution is -2.40. The second-order valence-electron chi connectivity index (χ2n) is 8.96. The van der Waals surface area contributed by atoms with Crippen LogP contribution >= 0.6 is 0 Å². The van der Waals surface area contributed by atoms with Gasteiger partial charge >= 0.3 is 6.09 Å². The summed E-state index contributed by atoms with van der Waals surface area (Å²) < 4.78 is 14.1. The topological polar surface area (TPSA) is 115 Å². The predicted octanol–water partition coefficient (Wildman–Crippen LogP) is 4.55. The minimum absolute atomic E-state index is 0.176. The maximum Gasteiger partial charge on any atom is 0.407 e. The SMILES string of the molecule is CC(C)(CN(Cc1ccccc1)C(=O)O)c1nc2c3ccc(F)cc3c3c(=O)[nH]cnc3c2[nH]1. The Morgan fingerprint density at radius 3 is 2.62 bits per heavy atom. The fourth-order valence-electron chi connectivity index (χ4n) is 4.38. The molecule has 0 bridgehead atoms. The molecule has 0 saturated carbocycles. The Kier molecular flexibility index (Phi) is 5.04. The fraction of sp³-hybridized carbons (Fsp3) is 0.200. The Morgan fingerprint density at radius 1 is 1.12 bits per heavy atom. The molecule has 0 aliphatic heterocycles. The molecule has 0 fully saturated rings. The van der Waals surface area contributed by atoms with Crippen LogP contribution in [0.25, 0.3) is 32.7 Å². The van der Waals surface area contributed by atoms with Gasteiger partial charge in [-0.25, -0.2) is 19.2 Å². The number of nitrogens with one attached hydrogen (secondary N) is 2. The van der Waals surface area contributed by atoms with E-state index in [-0.39, 0.29) is 24.0 Å². The van der Waals surface area contributed by atoms with Gasteiger partial charge < -0.3 is 20.0 Å². The molecule has 3 aromatic carbocycles. The number of rotatable bonds is 5. The summed E-state index contributed by atoms with van der Waals surface area (Å²) in [6.07, 6.45) is 0.264. The molecule has 172 valence electrons. The van der Waals surface area contributed by atoms with Crippen LogP contribution in [0.4, 0.5) is 9.18 Å². The van der Waals surface area contributed by atoms with E-state index in [9.17, 15) is 19.1 Å². The Morgan fingerprint density at radius 2 is 1.88 bits per heavy atom. The summed E-state index contributed by atoms with van der Waals surface area (Å²) in [7, 11) is 0. The van der Waals surface area contributed by atoms with Crippen molar-refractivity contribution in [2.45, 2.75) is 25.8 Å². The Bertz CT molecular complexity index is 1610. The number of carboxylic acid groups (broad SMARTS) is 1. The molecule has 3 N–H and O–H groups in total. The number of aromatic amines is 2. The van der Waals surface area contributed by atoms with Gasteiger partial charge in [-0.15, -0.1) is 0 Å². The van der Waals surface area contributed by atoms with Gasteiger partial charge in [-0.05, 0) is 23.8 Å². The van der Waals surface area contributed by atoms with Gasteiger partial charge in [-0.2, -0.15) is 0 Å². The summed E-state index contributed by atoms with van der Waals surface area (Å²) in [5.41, 5.74) is 1.28. The standard InChI is InChI=1S/C25H22FN5O3/c1-25(2,12-31(24(33)34)11-14-6-4-3-5-7-14)23-29-19-16-9-8-15(26)10-17(16)18-20(21(19)30-23)27-13-28-22(18)32/h3-10,13H,11-12H2,1-2H3,(H,29,30)(H,33,34)(H,27,28,32). The molecule has 34 heavy (non-hydrogen) atoms. The molecule has 0 spiro atoms. The van der Waals surface area contributed by atoms with Crippen molar-refractivity contribution >= 4 is 38.8 Å². The van der Waals surface area contributed by atoms with E-state index in [0.717, 1.165) is 5.56 Å². The highest BCUT2D eigenvalue weighted by Crippen LogP contribution is 2.34. The van der Waals surface area contributed by atoms with E-state index < -0.39 is 17.3 Å². The number of benzene rings is 3. The van der Waals surface area contributed by atoms with E-state index in [4.69, 9.17) is 4.98 Å². The third kappa shape index (κ3) is 3.64. The summed E-state index contributed by atoms with van der Waals surface area (Å²) in [5.74, 6) is 0.0764. The highest BCUT2D eigenvalue weighted by atomic mass is 19.1. The average molecular weight is 459 g/mol. The van der Waals surface area contributed by atoms with Crippen molar-refractivity contribution in [2.75, 3.05) is 6.54 Å². The Labute approximate surface area is 193 Å². The van der Waals surface area contributed by atoms with Gasteiger partial charge in [-0.3, -0.25) is 4.79 Å². The molecule has 0 atom stereocenters. The number of hydrogen-bond acceptors (Lipinski definition) is 4. The molecule has 2 aromatic heterocycles. The largest absolute Gasteiger partial charge is 0.465 e. The summed E-state index contributed by atoms with van der Waals surface area (Å²) in [6.45, 7) is 4.21. The monoisotopic (exact) mass is 459 g/mol. The second kappa shape index (κ2) is 7.95. The average Bonchev–Trinajstić information content (AvgIpc) is 3.26. The van der Waals surface area contributed by atoms with Crippen molar-refractivity contribution in [3.05, 3.63) is 82.4 Å². The van der Waals surface area contributed by atoms with Gasteiger partial charge in [0.2, 0.25) is 0 Å². The van der Waals surface area contributed by atoms with Crippen LogP contribution in [0, 0.1) is 5.82 Å². The lowest BCUT2D eigenvalue weighted by Gasteiger charge is -2.29. The number of nitrogens with zero attached hydrogens (tertiary/aromatic N) is 3. The van der Waals surface area contributed by atoms with Crippen LogP contribution in [0.2, 0.25) is 0 Å². The van der Waals surface area contributed by atoms with Crippen LogP contribution < -0.4 is 5.56 Å². The van der Waals surface area contributed by atoms with Crippen LogP contribution in [0.3, 0.4) is 0 Å². The van der Waals surface area contributed by atoms with E-state index in [1.165, 1.54) is 23.4 Å². The predicted molar refractivity (Wildman–Crippen MR) is 127 cm³/mol. The van der Waals surface area contributed by atoms with Gasteiger partial charge in [0.1, 0.15) is 17.2 Å². The van der Waals surface area contributed by atoms with E-state index in [0.29, 0.717) is 33.1 Å². The molecule has 2 heterocycles. The third-order valence-corrected chi connectivity index (χ3v) is 6.01. The Hall–Kier alpha value is -4.27. The zero-order valence-corrected chi connectivity index (χ0v) is 18.6. The molecule has 1 amide bonds. The van der Waals surface area contributed by atoms with Crippen LogP contribution in [-0.4, -0.2) is 42.6 Å². The molecule has 0 saturated heterocycles. The molecule has 8 nitrogen and oxygen atoms in total. The number of hydrogen-bond donors (Lipinski definition) is 3. The molecular weight excluding hydrogens is 437 g/mol. The fourth-order valence-corrected chi connectivity index (χ4v) is 4.38. The maximum atomic E-state index is 14.1. The van der Waals surface area contributed by atoms with Crippen molar-refractivity contribution in [3.63, 3.8) is 0 Å². The van der Waals surface area contributed by atoms with Crippen molar-refractivity contribution in [1.82, 2.24) is 24.8 Å².